The summed E-state index contributed by atoms with van der Waals surface area (Å²) in [5, 5.41) is 8.94. The van der Waals surface area contributed by atoms with Gasteiger partial charge in [0.05, 0.1) is 0 Å². The molecular formula is C21H21F2N3O3. The standard InChI is InChI=1S/C21H21F2N3O3/c1-26-18(28)21(25-20(26)24,15-8-10-17(11-9-15)29-19(22)23)16-7-4-6-14(13-16)5-2-3-12-27/h2,4-11,13,19,27H,3,12H2,1H3,(H2,24,25)/b5-2+. The topological polar surface area (TPSA) is 88.2 Å². The van der Waals surface area contributed by atoms with E-state index in [-0.39, 0.29) is 24.2 Å². The summed E-state index contributed by atoms with van der Waals surface area (Å²) in [7, 11) is 1.53. The smallest absolute Gasteiger partial charge is 0.387 e. The lowest BCUT2D eigenvalue weighted by Gasteiger charge is -2.26. The number of carbonyl (C=O) groups excluding carboxylic acids is 1. The molecule has 0 spiro atoms. The van der Waals surface area contributed by atoms with Crippen molar-refractivity contribution in [3.8, 4) is 5.75 Å². The Kier molecular flexibility index (Phi) is 5.93. The molecule has 152 valence electrons. The lowest BCUT2D eigenvalue weighted by atomic mass is 9.82. The van der Waals surface area contributed by atoms with E-state index in [4.69, 9.17) is 10.8 Å². The molecule has 6 nitrogen and oxygen atoms in total. The van der Waals surface area contributed by atoms with Crippen molar-refractivity contribution in [1.29, 1.82) is 0 Å². The molecule has 0 saturated heterocycles. The van der Waals surface area contributed by atoms with Crippen LogP contribution in [0.4, 0.5) is 8.78 Å². The fraction of sp³-hybridized carbons (Fsp3) is 0.238. The Morgan fingerprint density at radius 1 is 1.24 bits per heavy atom. The SMILES string of the molecule is CN1C(=O)C(c2ccc(OC(F)F)cc2)(c2cccc(/C=C/CCO)c2)N=C1N. The highest BCUT2D eigenvalue weighted by molar-refractivity contribution is 6.09. The van der Waals surface area contributed by atoms with Crippen LogP contribution >= 0.6 is 0 Å². The molecular weight excluding hydrogens is 380 g/mol. The Hall–Kier alpha value is -3.26. The van der Waals surface area contributed by atoms with Gasteiger partial charge in [-0.2, -0.15) is 8.78 Å². The van der Waals surface area contributed by atoms with Gasteiger partial charge in [0.25, 0.3) is 5.91 Å². The number of aliphatic imine (C=N–C) groups is 1. The maximum atomic E-state index is 13.2. The van der Waals surface area contributed by atoms with E-state index in [1.807, 2.05) is 24.3 Å². The Balaban J connectivity index is 2.09. The molecule has 2 aromatic rings. The van der Waals surface area contributed by atoms with Gasteiger partial charge in [0.15, 0.2) is 11.5 Å². The number of carbonyl (C=O) groups is 1. The zero-order valence-corrected chi connectivity index (χ0v) is 15.8. The summed E-state index contributed by atoms with van der Waals surface area (Å²) in [6, 6.07) is 13.0. The van der Waals surface area contributed by atoms with Crippen molar-refractivity contribution in [2.75, 3.05) is 13.7 Å². The third-order valence-corrected chi connectivity index (χ3v) is 4.65. The predicted octanol–water partition coefficient (Wildman–Crippen LogP) is 2.71. The van der Waals surface area contributed by atoms with Crippen molar-refractivity contribution in [2.45, 2.75) is 18.6 Å². The van der Waals surface area contributed by atoms with Crippen LogP contribution in [0.3, 0.4) is 0 Å². The zero-order chi connectivity index (χ0) is 21.0. The van der Waals surface area contributed by atoms with Gasteiger partial charge in [-0.25, -0.2) is 4.99 Å². The van der Waals surface area contributed by atoms with E-state index in [9.17, 15) is 13.6 Å². The summed E-state index contributed by atoms with van der Waals surface area (Å²) < 4.78 is 29.3. The first-order valence-electron chi connectivity index (χ1n) is 8.95. The van der Waals surface area contributed by atoms with E-state index < -0.39 is 12.2 Å². The molecule has 0 aromatic heterocycles. The summed E-state index contributed by atoms with van der Waals surface area (Å²) >= 11 is 0. The van der Waals surface area contributed by atoms with Gasteiger partial charge in [0.2, 0.25) is 0 Å². The number of nitrogens with two attached hydrogens (primary N) is 1. The molecule has 0 aliphatic carbocycles. The largest absolute Gasteiger partial charge is 0.435 e. The molecule has 0 saturated carbocycles. The van der Waals surface area contributed by atoms with Gasteiger partial charge in [-0.3, -0.25) is 9.69 Å². The van der Waals surface area contributed by atoms with Crippen LogP contribution in [0.25, 0.3) is 6.08 Å². The molecule has 0 fully saturated rings. The number of guanidine groups is 1. The summed E-state index contributed by atoms with van der Waals surface area (Å²) in [6.07, 6.45) is 4.17. The minimum atomic E-state index is -2.94. The highest BCUT2D eigenvalue weighted by Crippen LogP contribution is 2.40. The number of alkyl halides is 2. The van der Waals surface area contributed by atoms with Crippen molar-refractivity contribution in [2.24, 2.45) is 10.7 Å². The van der Waals surface area contributed by atoms with Crippen molar-refractivity contribution < 1.29 is 23.4 Å². The minimum absolute atomic E-state index is 0.0182. The lowest BCUT2D eigenvalue weighted by molar-refractivity contribution is -0.129. The number of hydrogen-bond acceptors (Lipinski definition) is 5. The third kappa shape index (κ3) is 3.97. The molecule has 29 heavy (non-hydrogen) atoms. The van der Waals surface area contributed by atoms with Crippen molar-refractivity contribution in [3.63, 3.8) is 0 Å². The normalized spacial score (nSPS) is 19.3. The summed E-state index contributed by atoms with van der Waals surface area (Å²) in [5.74, 6) is -0.312. The Morgan fingerprint density at radius 3 is 2.55 bits per heavy atom. The highest BCUT2D eigenvalue weighted by Gasteiger charge is 2.49. The number of aliphatic hydroxyl groups is 1. The fourth-order valence-electron chi connectivity index (χ4n) is 3.22. The van der Waals surface area contributed by atoms with Gasteiger partial charge in [0, 0.05) is 13.7 Å². The molecule has 1 atom stereocenters. The van der Waals surface area contributed by atoms with Crippen LogP contribution in [0.2, 0.25) is 0 Å². The number of amides is 1. The average molecular weight is 401 g/mol. The molecule has 0 bridgehead atoms. The number of hydrogen-bond donors (Lipinski definition) is 2. The number of halogens is 2. The maximum absolute atomic E-state index is 13.2. The Bertz CT molecular complexity index is 944. The molecule has 3 N–H and O–H groups in total. The van der Waals surface area contributed by atoms with Crippen molar-refractivity contribution in [3.05, 3.63) is 71.3 Å². The van der Waals surface area contributed by atoms with Gasteiger partial charge in [-0.1, -0.05) is 42.5 Å². The highest BCUT2D eigenvalue weighted by atomic mass is 19.3. The van der Waals surface area contributed by atoms with Crippen LogP contribution in [0.15, 0.2) is 59.6 Å². The van der Waals surface area contributed by atoms with E-state index in [1.165, 1.54) is 36.2 Å². The number of likely N-dealkylation sites (N-methyl/N-ethyl adjacent to an activating group) is 1. The molecule has 8 heteroatoms. The molecule has 1 aliphatic rings. The number of benzene rings is 2. The second-order valence-electron chi connectivity index (χ2n) is 6.49. The van der Waals surface area contributed by atoms with E-state index >= 15 is 0 Å². The van der Waals surface area contributed by atoms with E-state index in [0.717, 1.165) is 5.56 Å². The van der Waals surface area contributed by atoms with Crippen molar-refractivity contribution >= 4 is 17.9 Å². The van der Waals surface area contributed by atoms with Crippen LogP contribution in [-0.4, -0.2) is 42.1 Å². The first-order valence-corrected chi connectivity index (χ1v) is 8.95. The van der Waals surface area contributed by atoms with Gasteiger partial charge in [-0.15, -0.1) is 0 Å². The Labute approximate surface area is 166 Å². The second-order valence-corrected chi connectivity index (χ2v) is 6.49. The first-order chi connectivity index (χ1) is 13.9. The van der Waals surface area contributed by atoms with Crippen molar-refractivity contribution in [1.82, 2.24) is 4.90 Å². The third-order valence-electron chi connectivity index (χ3n) is 4.65. The molecule has 1 heterocycles. The number of rotatable bonds is 7. The lowest BCUT2D eigenvalue weighted by Crippen LogP contribution is -2.41. The second kappa shape index (κ2) is 8.40. The van der Waals surface area contributed by atoms with Gasteiger partial charge >= 0.3 is 6.61 Å². The summed E-state index contributed by atoms with van der Waals surface area (Å²) in [5.41, 5.74) is 6.40. The molecule has 1 aliphatic heterocycles. The van der Waals surface area contributed by atoms with Crippen LogP contribution < -0.4 is 10.5 Å². The summed E-state index contributed by atoms with van der Waals surface area (Å²) in [6.45, 7) is -2.90. The molecule has 1 amide bonds. The monoisotopic (exact) mass is 401 g/mol. The van der Waals surface area contributed by atoms with E-state index in [1.54, 1.807) is 12.1 Å². The van der Waals surface area contributed by atoms with E-state index in [0.29, 0.717) is 17.5 Å². The van der Waals surface area contributed by atoms with Crippen LogP contribution in [-0.2, 0) is 10.3 Å². The van der Waals surface area contributed by atoms with Crippen LogP contribution in [0, 0.1) is 0 Å². The molecule has 3 rings (SSSR count). The van der Waals surface area contributed by atoms with Crippen LogP contribution in [0.1, 0.15) is 23.1 Å². The van der Waals surface area contributed by atoms with Crippen LogP contribution in [0.5, 0.6) is 5.75 Å². The molecule has 2 aromatic carbocycles. The molecule has 1 unspecified atom stereocenters. The zero-order valence-electron chi connectivity index (χ0n) is 15.8. The maximum Gasteiger partial charge on any atom is 0.387 e. The number of aliphatic hydroxyl groups excluding tert-OH is 1. The van der Waals surface area contributed by atoms with Gasteiger partial charge in [0.1, 0.15) is 5.75 Å². The first kappa shape index (κ1) is 20.5. The summed E-state index contributed by atoms with van der Waals surface area (Å²) in [4.78, 5) is 18.9. The molecule has 0 radical (unpaired) electrons. The number of nitrogens with zero attached hydrogens (tertiary/aromatic N) is 2. The Morgan fingerprint density at radius 2 is 1.97 bits per heavy atom. The quantitative estimate of drug-likeness (QED) is 0.747. The van der Waals surface area contributed by atoms with Gasteiger partial charge < -0.3 is 15.6 Å². The fourth-order valence-corrected chi connectivity index (χ4v) is 3.22. The predicted molar refractivity (Wildman–Crippen MR) is 105 cm³/mol. The number of ether oxygens (including phenoxy) is 1. The average Bonchev–Trinajstić information content (AvgIpc) is 2.93. The van der Waals surface area contributed by atoms with Gasteiger partial charge in [-0.05, 0) is 41.3 Å². The van der Waals surface area contributed by atoms with E-state index in [2.05, 4.69) is 9.73 Å². The minimum Gasteiger partial charge on any atom is -0.435 e.